The largest absolute Gasteiger partial charge is 0.466 e. The monoisotopic (exact) mass is 1060 g/mol. The van der Waals surface area contributed by atoms with Gasteiger partial charge in [-0.1, -0.05) is 341 Å². The maximum Gasteiger partial charge on any atom is 0.305 e. The third-order valence-electron chi connectivity index (χ3n) is 16.3. The summed E-state index contributed by atoms with van der Waals surface area (Å²) >= 11 is 0. The van der Waals surface area contributed by atoms with E-state index in [9.17, 15) is 19.8 Å². The molecule has 0 fully saturated rings. The molecular weight excluding hydrogens is 923 g/mol. The zero-order valence-electron chi connectivity index (χ0n) is 51.1. The Morgan fingerprint density at radius 3 is 0.947 bits per heavy atom. The van der Waals surface area contributed by atoms with Gasteiger partial charge in [-0.05, 0) is 51.4 Å². The molecule has 0 bridgehead atoms. The normalized spacial score (nSPS) is 12.5. The average Bonchev–Trinajstić information content (AvgIpc) is 3.41. The van der Waals surface area contributed by atoms with E-state index < -0.39 is 12.1 Å². The van der Waals surface area contributed by atoms with Crippen LogP contribution in [0.1, 0.15) is 393 Å². The highest BCUT2D eigenvalue weighted by molar-refractivity contribution is 5.76. The number of amides is 1. The number of ether oxygens (including phenoxy) is 1. The molecule has 2 unspecified atom stereocenters. The van der Waals surface area contributed by atoms with Gasteiger partial charge in [0.2, 0.25) is 5.91 Å². The summed E-state index contributed by atoms with van der Waals surface area (Å²) in [6.07, 6.45) is 79.6. The lowest BCUT2D eigenvalue weighted by Gasteiger charge is -2.22. The summed E-state index contributed by atoms with van der Waals surface area (Å²) in [5, 5.41) is 23.4. The van der Waals surface area contributed by atoms with Crippen molar-refractivity contribution in [1.82, 2.24) is 5.32 Å². The van der Waals surface area contributed by atoms with Crippen molar-refractivity contribution in [3.8, 4) is 0 Å². The lowest BCUT2D eigenvalue weighted by Crippen LogP contribution is -2.45. The second kappa shape index (κ2) is 65.1. The van der Waals surface area contributed by atoms with E-state index >= 15 is 0 Å². The molecule has 0 aliphatic heterocycles. The fourth-order valence-corrected chi connectivity index (χ4v) is 11.1. The van der Waals surface area contributed by atoms with Crippen LogP contribution in [-0.4, -0.2) is 47.4 Å². The van der Waals surface area contributed by atoms with Gasteiger partial charge in [-0.3, -0.25) is 9.59 Å². The molecule has 0 aromatic rings. The van der Waals surface area contributed by atoms with Crippen molar-refractivity contribution in [3.63, 3.8) is 0 Å². The van der Waals surface area contributed by atoms with E-state index in [1.54, 1.807) is 0 Å². The van der Waals surface area contributed by atoms with Crippen LogP contribution < -0.4 is 5.32 Å². The summed E-state index contributed by atoms with van der Waals surface area (Å²) in [7, 11) is 0. The molecule has 6 nitrogen and oxygen atoms in total. The number of rotatable bonds is 65. The van der Waals surface area contributed by atoms with Gasteiger partial charge in [0.15, 0.2) is 0 Å². The van der Waals surface area contributed by atoms with Crippen LogP contribution in [0.15, 0.2) is 12.2 Å². The van der Waals surface area contributed by atoms with Gasteiger partial charge in [0.05, 0.1) is 25.4 Å². The van der Waals surface area contributed by atoms with Crippen molar-refractivity contribution in [3.05, 3.63) is 12.2 Å². The van der Waals surface area contributed by atoms with Crippen LogP contribution >= 0.6 is 0 Å². The van der Waals surface area contributed by atoms with Crippen LogP contribution in [0.3, 0.4) is 0 Å². The number of nitrogens with one attached hydrogen (secondary N) is 1. The van der Waals surface area contributed by atoms with Gasteiger partial charge < -0.3 is 20.3 Å². The first kappa shape index (κ1) is 73.6. The standard InChI is InChI=1S/C69H135NO5/c1-3-5-7-9-11-13-15-17-19-20-21-22-23-24-25-26-27-30-34-37-41-45-49-53-57-61-67(72)66(65-71)70-68(73)62-58-54-50-46-42-38-35-31-28-29-32-36-40-44-48-52-56-60-64-75-69(74)63-59-55-51-47-43-39-33-18-16-14-12-10-8-6-4-2/h18,33,66-67,71-72H,3-17,19-32,34-65H2,1-2H3,(H,70,73)/b33-18-. The Balaban J connectivity index is 3.40. The second-order valence-electron chi connectivity index (χ2n) is 23.9. The van der Waals surface area contributed by atoms with Crippen LogP contribution in [0, 0.1) is 0 Å². The molecule has 75 heavy (non-hydrogen) atoms. The van der Waals surface area contributed by atoms with Gasteiger partial charge in [0.25, 0.3) is 0 Å². The maximum absolute atomic E-state index is 12.6. The lowest BCUT2D eigenvalue weighted by molar-refractivity contribution is -0.143. The van der Waals surface area contributed by atoms with Crippen molar-refractivity contribution in [2.75, 3.05) is 13.2 Å². The molecule has 1 amide bonds. The third kappa shape index (κ3) is 61.7. The highest BCUT2D eigenvalue weighted by atomic mass is 16.5. The molecule has 0 saturated carbocycles. The first-order chi connectivity index (χ1) is 37.0. The number of hydrogen-bond donors (Lipinski definition) is 3. The zero-order valence-corrected chi connectivity index (χ0v) is 51.1. The number of aliphatic hydroxyl groups is 2. The fourth-order valence-electron chi connectivity index (χ4n) is 11.1. The minimum atomic E-state index is -0.668. The van der Waals surface area contributed by atoms with Crippen LogP contribution in [0.5, 0.6) is 0 Å². The Labute approximate surface area is 469 Å². The first-order valence-electron chi connectivity index (χ1n) is 34.4. The first-order valence-corrected chi connectivity index (χ1v) is 34.4. The summed E-state index contributed by atoms with van der Waals surface area (Å²) in [6, 6.07) is -0.546. The highest BCUT2D eigenvalue weighted by Crippen LogP contribution is 2.19. The van der Waals surface area contributed by atoms with Crippen molar-refractivity contribution in [2.45, 2.75) is 405 Å². The van der Waals surface area contributed by atoms with Crippen LogP contribution in [0.4, 0.5) is 0 Å². The number of hydrogen-bond acceptors (Lipinski definition) is 5. The summed E-state index contributed by atoms with van der Waals surface area (Å²) < 4.78 is 5.49. The molecule has 0 saturated heterocycles. The number of carbonyl (C=O) groups is 2. The van der Waals surface area contributed by atoms with Crippen molar-refractivity contribution in [1.29, 1.82) is 0 Å². The van der Waals surface area contributed by atoms with E-state index in [4.69, 9.17) is 4.74 Å². The molecule has 0 heterocycles. The molecule has 446 valence electrons. The predicted molar refractivity (Wildman–Crippen MR) is 329 cm³/mol. The summed E-state index contributed by atoms with van der Waals surface area (Å²) in [5.41, 5.74) is 0. The summed E-state index contributed by atoms with van der Waals surface area (Å²) in [6.45, 7) is 4.98. The Bertz CT molecular complexity index is 1130. The van der Waals surface area contributed by atoms with Gasteiger partial charge in [0, 0.05) is 12.8 Å². The quantitative estimate of drug-likeness (QED) is 0.0320. The molecule has 0 spiro atoms. The molecule has 0 aromatic carbocycles. The smallest absolute Gasteiger partial charge is 0.305 e. The van der Waals surface area contributed by atoms with Gasteiger partial charge in [-0.2, -0.15) is 0 Å². The maximum atomic E-state index is 12.6. The Kier molecular flexibility index (Phi) is 63.9. The molecule has 0 aliphatic rings. The van der Waals surface area contributed by atoms with E-state index in [2.05, 4.69) is 31.3 Å². The van der Waals surface area contributed by atoms with Crippen LogP contribution in [0.2, 0.25) is 0 Å². The fraction of sp³-hybridized carbons (Fsp3) is 0.942. The molecule has 2 atom stereocenters. The molecule has 0 rings (SSSR count). The van der Waals surface area contributed by atoms with Gasteiger partial charge in [-0.15, -0.1) is 0 Å². The summed E-state index contributed by atoms with van der Waals surface area (Å²) in [5.74, 6) is -0.0331. The van der Waals surface area contributed by atoms with E-state index in [1.807, 2.05) is 0 Å². The molecule has 0 aromatic heterocycles. The van der Waals surface area contributed by atoms with Gasteiger partial charge >= 0.3 is 5.97 Å². The minimum Gasteiger partial charge on any atom is -0.466 e. The number of carbonyl (C=O) groups excluding carboxylic acids is 2. The molecular formula is C69H135NO5. The van der Waals surface area contributed by atoms with Crippen molar-refractivity contribution >= 4 is 11.9 Å². The Morgan fingerprint density at radius 1 is 0.360 bits per heavy atom. The van der Waals surface area contributed by atoms with Crippen LogP contribution in [0.25, 0.3) is 0 Å². The number of aliphatic hydroxyl groups excluding tert-OH is 2. The van der Waals surface area contributed by atoms with Gasteiger partial charge in [0.1, 0.15) is 0 Å². The van der Waals surface area contributed by atoms with Crippen molar-refractivity contribution < 1.29 is 24.5 Å². The number of allylic oxidation sites excluding steroid dienone is 2. The number of esters is 1. The van der Waals surface area contributed by atoms with E-state index in [1.165, 1.54) is 315 Å². The second-order valence-corrected chi connectivity index (χ2v) is 23.9. The molecule has 0 radical (unpaired) electrons. The van der Waals surface area contributed by atoms with E-state index in [-0.39, 0.29) is 18.5 Å². The SMILES string of the molecule is CCCCCCCC/C=C\CCCCCCCC(=O)OCCCCCCCCCCCCCCCCCCCCC(=O)NC(CO)C(O)CCCCCCCCCCCCCCCCCCCCCCCCCCC. The highest BCUT2D eigenvalue weighted by Gasteiger charge is 2.20. The molecule has 3 N–H and O–H groups in total. The Hall–Kier alpha value is -1.40. The molecule has 6 heteroatoms. The Morgan fingerprint density at radius 2 is 0.627 bits per heavy atom. The topological polar surface area (TPSA) is 95.9 Å². The number of unbranched alkanes of at least 4 members (excludes halogenated alkanes) is 52. The van der Waals surface area contributed by atoms with Crippen LogP contribution in [-0.2, 0) is 14.3 Å². The zero-order chi connectivity index (χ0) is 54.3. The average molecular weight is 1060 g/mol. The van der Waals surface area contributed by atoms with E-state index in [0.717, 1.165) is 44.9 Å². The molecule has 0 aliphatic carbocycles. The van der Waals surface area contributed by atoms with E-state index in [0.29, 0.717) is 25.9 Å². The van der Waals surface area contributed by atoms with Crippen molar-refractivity contribution in [2.24, 2.45) is 0 Å². The lowest BCUT2D eigenvalue weighted by atomic mass is 10.0. The third-order valence-corrected chi connectivity index (χ3v) is 16.3. The minimum absolute atomic E-state index is 0.000856. The summed E-state index contributed by atoms with van der Waals surface area (Å²) in [4.78, 5) is 24.6. The predicted octanol–water partition coefficient (Wildman–Crippen LogP) is 22.0. The van der Waals surface area contributed by atoms with Gasteiger partial charge in [-0.25, -0.2) is 0 Å².